The van der Waals surface area contributed by atoms with Gasteiger partial charge in [-0.2, -0.15) is 0 Å². The molecule has 2 fully saturated rings. The molecule has 0 amide bonds. The smallest absolute Gasteiger partial charge is 0.0397 e. The highest BCUT2D eigenvalue weighted by Gasteiger charge is 2.24. The van der Waals surface area contributed by atoms with Crippen LogP contribution in [0.1, 0.15) is 25.7 Å². The first-order chi connectivity index (χ1) is 8.42. The number of nitrogens with zero attached hydrogens (tertiary/aromatic N) is 2. The van der Waals surface area contributed by atoms with Gasteiger partial charge in [-0.05, 0) is 50.3 Å². The molecule has 1 aliphatic carbocycles. The summed E-state index contributed by atoms with van der Waals surface area (Å²) in [7, 11) is 0. The van der Waals surface area contributed by atoms with E-state index in [1.165, 1.54) is 51.0 Å². The van der Waals surface area contributed by atoms with Gasteiger partial charge in [0, 0.05) is 37.2 Å². The lowest BCUT2D eigenvalue weighted by molar-refractivity contribution is 0.391. The van der Waals surface area contributed by atoms with E-state index in [1.807, 2.05) is 12.4 Å². The minimum absolute atomic E-state index is 0.817. The molecule has 1 unspecified atom stereocenters. The van der Waals surface area contributed by atoms with E-state index in [9.17, 15) is 0 Å². The van der Waals surface area contributed by atoms with Crippen LogP contribution >= 0.6 is 0 Å². The van der Waals surface area contributed by atoms with Gasteiger partial charge >= 0.3 is 0 Å². The molecule has 1 aromatic rings. The molecule has 2 aliphatic rings. The molecule has 1 atom stereocenters. The predicted octanol–water partition coefficient (Wildman–Crippen LogP) is 2.05. The molecule has 1 N–H and O–H groups in total. The van der Waals surface area contributed by atoms with Crippen molar-refractivity contribution >= 4 is 5.69 Å². The average molecular weight is 231 g/mol. The van der Waals surface area contributed by atoms with Gasteiger partial charge in [0.2, 0.25) is 0 Å². The standard InChI is InChI=1S/C14H21N3/c1-2-12(10-16-13-3-4-13)11-17(9-1)14-5-7-15-8-6-14/h5-8,12-13,16H,1-4,9-11H2. The number of pyridine rings is 1. The molecule has 1 saturated heterocycles. The Labute approximate surface area is 103 Å². The minimum atomic E-state index is 0.817. The molecule has 1 aromatic heterocycles. The summed E-state index contributed by atoms with van der Waals surface area (Å²) in [6.07, 6.45) is 9.25. The molecule has 92 valence electrons. The molecule has 2 heterocycles. The summed E-state index contributed by atoms with van der Waals surface area (Å²) in [6, 6.07) is 5.08. The number of hydrogen-bond acceptors (Lipinski definition) is 3. The Morgan fingerprint density at radius 3 is 2.82 bits per heavy atom. The van der Waals surface area contributed by atoms with Crippen molar-refractivity contribution < 1.29 is 0 Å². The topological polar surface area (TPSA) is 28.2 Å². The number of aromatic nitrogens is 1. The lowest BCUT2D eigenvalue weighted by Crippen LogP contribution is -2.40. The van der Waals surface area contributed by atoms with Crippen LogP contribution in [0.5, 0.6) is 0 Å². The summed E-state index contributed by atoms with van der Waals surface area (Å²) in [4.78, 5) is 6.59. The molecular weight excluding hydrogens is 210 g/mol. The zero-order chi connectivity index (χ0) is 11.5. The van der Waals surface area contributed by atoms with Crippen LogP contribution in [0.25, 0.3) is 0 Å². The molecule has 0 spiro atoms. The van der Waals surface area contributed by atoms with Crippen LogP contribution in [-0.4, -0.2) is 30.7 Å². The third-order valence-electron chi connectivity index (χ3n) is 3.82. The highest BCUT2D eigenvalue weighted by Crippen LogP contribution is 2.24. The largest absolute Gasteiger partial charge is 0.371 e. The Morgan fingerprint density at radius 1 is 1.24 bits per heavy atom. The maximum Gasteiger partial charge on any atom is 0.0397 e. The van der Waals surface area contributed by atoms with Gasteiger partial charge in [-0.15, -0.1) is 0 Å². The van der Waals surface area contributed by atoms with Crippen molar-refractivity contribution in [2.45, 2.75) is 31.7 Å². The zero-order valence-electron chi connectivity index (χ0n) is 10.3. The van der Waals surface area contributed by atoms with Crippen LogP contribution in [0.4, 0.5) is 5.69 Å². The van der Waals surface area contributed by atoms with Crippen LogP contribution in [0, 0.1) is 5.92 Å². The van der Waals surface area contributed by atoms with Gasteiger partial charge in [0.15, 0.2) is 0 Å². The molecule has 0 bridgehead atoms. The van der Waals surface area contributed by atoms with Gasteiger partial charge in [0.25, 0.3) is 0 Å². The molecule has 3 heteroatoms. The number of nitrogens with one attached hydrogen (secondary N) is 1. The van der Waals surface area contributed by atoms with Crippen LogP contribution in [0.2, 0.25) is 0 Å². The maximum absolute atomic E-state index is 4.09. The van der Waals surface area contributed by atoms with Gasteiger partial charge in [-0.1, -0.05) is 0 Å². The highest BCUT2D eigenvalue weighted by atomic mass is 15.1. The van der Waals surface area contributed by atoms with Gasteiger partial charge in [-0.25, -0.2) is 0 Å². The van der Waals surface area contributed by atoms with Crippen molar-refractivity contribution in [1.82, 2.24) is 10.3 Å². The highest BCUT2D eigenvalue weighted by molar-refractivity contribution is 5.44. The first-order valence-corrected chi connectivity index (χ1v) is 6.80. The average Bonchev–Trinajstić information content (AvgIpc) is 3.22. The summed E-state index contributed by atoms with van der Waals surface area (Å²) in [5.41, 5.74) is 1.33. The summed E-state index contributed by atoms with van der Waals surface area (Å²) in [5.74, 6) is 0.817. The molecular formula is C14H21N3. The van der Waals surface area contributed by atoms with Crippen molar-refractivity contribution in [3.8, 4) is 0 Å². The Balaban J connectivity index is 1.55. The minimum Gasteiger partial charge on any atom is -0.371 e. The number of piperidine rings is 1. The van der Waals surface area contributed by atoms with Crippen molar-refractivity contribution in [2.24, 2.45) is 5.92 Å². The Hall–Kier alpha value is -1.09. The first-order valence-electron chi connectivity index (χ1n) is 6.80. The quantitative estimate of drug-likeness (QED) is 0.859. The van der Waals surface area contributed by atoms with E-state index in [2.05, 4.69) is 27.3 Å². The number of hydrogen-bond donors (Lipinski definition) is 1. The van der Waals surface area contributed by atoms with E-state index in [-0.39, 0.29) is 0 Å². The van der Waals surface area contributed by atoms with Gasteiger partial charge in [0.1, 0.15) is 0 Å². The Kier molecular flexibility index (Phi) is 3.27. The fourth-order valence-electron chi connectivity index (χ4n) is 2.64. The second kappa shape index (κ2) is 5.05. The molecule has 0 radical (unpaired) electrons. The summed E-state index contributed by atoms with van der Waals surface area (Å²) >= 11 is 0. The Bertz CT molecular complexity index is 348. The second-order valence-electron chi connectivity index (χ2n) is 5.34. The molecule has 3 rings (SSSR count). The van der Waals surface area contributed by atoms with E-state index >= 15 is 0 Å². The summed E-state index contributed by atoms with van der Waals surface area (Å²) in [6.45, 7) is 3.60. The zero-order valence-corrected chi connectivity index (χ0v) is 10.3. The predicted molar refractivity (Wildman–Crippen MR) is 70.2 cm³/mol. The lowest BCUT2D eigenvalue weighted by Gasteiger charge is -2.34. The monoisotopic (exact) mass is 231 g/mol. The first kappa shape index (κ1) is 11.0. The molecule has 0 aromatic carbocycles. The van der Waals surface area contributed by atoms with Gasteiger partial charge < -0.3 is 10.2 Å². The van der Waals surface area contributed by atoms with Gasteiger partial charge in [0.05, 0.1) is 0 Å². The van der Waals surface area contributed by atoms with Crippen molar-refractivity contribution in [3.05, 3.63) is 24.5 Å². The summed E-state index contributed by atoms with van der Waals surface area (Å²) < 4.78 is 0. The Morgan fingerprint density at radius 2 is 2.06 bits per heavy atom. The fourth-order valence-corrected chi connectivity index (χ4v) is 2.64. The molecule has 17 heavy (non-hydrogen) atoms. The van der Waals surface area contributed by atoms with E-state index < -0.39 is 0 Å². The number of rotatable bonds is 4. The number of anilines is 1. The van der Waals surface area contributed by atoms with Crippen molar-refractivity contribution in [3.63, 3.8) is 0 Å². The molecule has 1 saturated carbocycles. The van der Waals surface area contributed by atoms with Crippen LogP contribution in [-0.2, 0) is 0 Å². The molecule has 3 nitrogen and oxygen atoms in total. The van der Waals surface area contributed by atoms with Crippen LogP contribution < -0.4 is 10.2 Å². The van der Waals surface area contributed by atoms with Crippen molar-refractivity contribution in [2.75, 3.05) is 24.5 Å². The third-order valence-corrected chi connectivity index (χ3v) is 3.82. The second-order valence-corrected chi connectivity index (χ2v) is 5.34. The maximum atomic E-state index is 4.09. The van der Waals surface area contributed by atoms with Crippen LogP contribution in [0.3, 0.4) is 0 Å². The summed E-state index contributed by atoms with van der Waals surface area (Å²) in [5, 5.41) is 3.66. The fraction of sp³-hybridized carbons (Fsp3) is 0.643. The molecule has 1 aliphatic heterocycles. The van der Waals surface area contributed by atoms with E-state index in [0.717, 1.165) is 12.0 Å². The third kappa shape index (κ3) is 2.97. The normalized spacial score (nSPS) is 24.9. The van der Waals surface area contributed by atoms with Crippen LogP contribution in [0.15, 0.2) is 24.5 Å². The van der Waals surface area contributed by atoms with Gasteiger partial charge in [-0.3, -0.25) is 4.98 Å². The lowest BCUT2D eigenvalue weighted by atomic mass is 9.97. The van der Waals surface area contributed by atoms with E-state index in [0.29, 0.717) is 0 Å². The van der Waals surface area contributed by atoms with E-state index in [1.54, 1.807) is 0 Å². The van der Waals surface area contributed by atoms with E-state index in [4.69, 9.17) is 0 Å². The van der Waals surface area contributed by atoms with Crippen molar-refractivity contribution in [1.29, 1.82) is 0 Å². The SMILES string of the molecule is c1cc(N2CCCC(CNC3CC3)C2)ccn1.